The fourth-order valence-electron chi connectivity index (χ4n) is 3.40. The second-order valence-corrected chi connectivity index (χ2v) is 7.81. The SMILES string of the molecule is CCN(CC(O)NC(C)(C)C)c1nc(-c2ccccn2)nc2c1CCC2. The molecule has 2 aromatic rings. The molecule has 0 saturated carbocycles. The van der Waals surface area contributed by atoms with E-state index in [9.17, 15) is 5.11 Å². The van der Waals surface area contributed by atoms with Gasteiger partial charge in [0.1, 0.15) is 17.7 Å². The molecule has 26 heavy (non-hydrogen) atoms. The van der Waals surface area contributed by atoms with Gasteiger partial charge in [-0.3, -0.25) is 10.3 Å². The molecule has 6 heteroatoms. The van der Waals surface area contributed by atoms with Crippen molar-refractivity contribution in [2.75, 3.05) is 18.0 Å². The van der Waals surface area contributed by atoms with E-state index < -0.39 is 6.23 Å². The summed E-state index contributed by atoms with van der Waals surface area (Å²) in [4.78, 5) is 16.2. The minimum Gasteiger partial charge on any atom is -0.377 e. The van der Waals surface area contributed by atoms with Gasteiger partial charge >= 0.3 is 0 Å². The second kappa shape index (κ2) is 7.68. The molecule has 0 aliphatic heterocycles. The quantitative estimate of drug-likeness (QED) is 0.776. The van der Waals surface area contributed by atoms with Crippen LogP contribution >= 0.6 is 0 Å². The summed E-state index contributed by atoms with van der Waals surface area (Å²) in [5.74, 6) is 1.60. The Hall–Kier alpha value is -2.05. The van der Waals surface area contributed by atoms with E-state index in [1.54, 1.807) is 6.20 Å². The van der Waals surface area contributed by atoms with Crippen LogP contribution in [0.4, 0.5) is 5.82 Å². The Morgan fingerprint density at radius 2 is 2.04 bits per heavy atom. The molecule has 3 rings (SSSR count). The number of aryl methyl sites for hydroxylation is 1. The van der Waals surface area contributed by atoms with Crippen LogP contribution in [0.5, 0.6) is 0 Å². The number of aliphatic hydroxyl groups is 1. The van der Waals surface area contributed by atoms with Crippen LogP contribution in [0.25, 0.3) is 11.5 Å². The first-order valence-electron chi connectivity index (χ1n) is 9.39. The van der Waals surface area contributed by atoms with E-state index >= 15 is 0 Å². The molecule has 1 atom stereocenters. The van der Waals surface area contributed by atoms with E-state index in [0.29, 0.717) is 12.4 Å². The first-order valence-corrected chi connectivity index (χ1v) is 9.39. The van der Waals surface area contributed by atoms with Crippen molar-refractivity contribution < 1.29 is 5.11 Å². The molecule has 0 aromatic carbocycles. The van der Waals surface area contributed by atoms with Crippen LogP contribution in [0.15, 0.2) is 24.4 Å². The number of pyridine rings is 1. The van der Waals surface area contributed by atoms with Crippen LogP contribution < -0.4 is 10.2 Å². The van der Waals surface area contributed by atoms with Gasteiger partial charge in [-0.05, 0) is 59.1 Å². The molecular weight excluding hydrogens is 326 g/mol. The van der Waals surface area contributed by atoms with Gasteiger partial charge in [-0.1, -0.05) is 6.07 Å². The summed E-state index contributed by atoms with van der Waals surface area (Å²) in [7, 11) is 0. The Kier molecular flexibility index (Phi) is 5.53. The summed E-state index contributed by atoms with van der Waals surface area (Å²) in [6, 6.07) is 5.78. The predicted octanol–water partition coefficient (Wildman–Crippen LogP) is 2.56. The lowest BCUT2D eigenvalue weighted by atomic mass is 10.1. The Balaban J connectivity index is 1.93. The largest absolute Gasteiger partial charge is 0.377 e. The minimum absolute atomic E-state index is 0.147. The Labute approximate surface area is 155 Å². The number of likely N-dealkylation sites (N-methyl/N-ethyl adjacent to an activating group) is 1. The highest BCUT2D eigenvalue weighted by molar-refractivity contribution is 5.58. The maximum Gasteiger partial charge on any atom is 0.180 e. The van der Waals surface area contributed by atoms with Crippen molar-refractivity contribution in [3.63, 3.8) is 0 Å². The molecule has 0 radical (unpaired) electrons. The highest BCUT2D eigenvalue weighted by Gasteiger charge is 2.25. The molecule has 0 bridgehead atoms. The van der Waals surface area contributed by atoms with Crippen molar-refractivity contribution >= 4 is 5.82 Å². The first kappa shape index (κ1) is 18.7. The molecule has 2 aromatic heterocycles. The van der Waals surface area contributed by atoms with Gasteiger partial charge in [0, 0.05) is 29.5 Å². The smallest absolute Gasteiger partial charge is 0.180 e. The van der Waals surface area contributed by atoms with Gasteiger partial charge < -0.3 is 10.0 Å². The van der Waals surface area contributed by atoms with E-state index in [1.807, 2.05) is 39.0 Å². The normalized spacial score (nSPS) is 15.0. The van der Waals surface area contributed by atoms with Gasteiger partial charge in [0.15, 0.2) is 5.82 Å². The average Bonchev–Trinajstić information content (AvgIpc) is 3.06. The van der Waals surface area contributed by atoms with E-state index in [1.165, 1.54) is 5.56 Å². The Morgan fingerprint density at radius 3 is 2.69 bits per heavy atom. The van der Waals surface area contributed by atoms with E-state index in [2.05, 4.69) is 22.1 Å². The van der Waals surface area contributed by atoms with Crippen molar-refractivity contribution in [2.45, 2.75) is 58.7 Å². The average molecular weight is 355 g/mol. The molecule has 6 nitrogen and oxygen atoms in total. The number of nitrogens with zero attached hydrogens (tertiary/aromatic N) is 4. The zero-order chi connectivity index (χ0) is 18.7. The number of aromatic nitrogens is 3. The van der Waals surface area contributed by atoms with Gasteiger partial charge in [-0.25, -0.2) is 9.97 Å². The third-order valence-corrected chi connectivity index (χ3v) is 4.48. The minimum atomic E-state index is -0.625. The summed E-state index contributed by atoms with van der Waals surface area (Å²) in [6.07, 6.45) is 4.21. The van der Waals surface area contributed by atoms with Gasteiger partial charge in [0.25, 0.3) is 0 Å². The maximum atomic E-state index is 10.5. The zero-order valence-electron chi connectivity index (χ0n) is 16.2. The van der Waals surface area contributed by atoms with Crippen molar-refractivity contribution in [1.82, 2.24) is 20.3 Å². The van der Waals surface area contributed by atoms with Crippen LogP contribution in [-0.4, -0.2) is 44.9 Å². The van der Waals surface area contributed by atoms with E-state index in [-0.39, 0.29) is 5.54 Å². The van der Waals surface area contributed by atoms with Crippen LogP contribution in [0.3, 0.4) is 0 Å². The number of hydrogen-bond donors (Lipinski definition) is 2. The first-order chi connectivity index (χ1) is 12.4. The monoisotopic (exact) mass is 355 g/mol. The number of aliphatic hydroxyl groups excluding tert-OH is 1. The molecule has 1 unspecified atom stereocenters. The third-order valence-electron chi connectivity index (χ3n) is 4.48. The fourth-order valence-corrected chi connectivity index (χ4v) is 3.40. The Bertz CT molecular complexity index is 742. The van der Waals surface area contributed by atoms with E-state index in [4.69, 9.17) is 9.97 Å². The van der Waals surface area contributed by atoms with Gasteiger partial charge in [-0.15, -0.1) is 0 Å². The summed E-state index contributed by atoms with van der Waals surface area (Å²) in [5, 5.41) is 13.7. The lowest BCUT2D eigenvalue weighted by molar-refractivity contribution is 0.111. The predicted molar refractivity (Wildman–Crippen MR) is 104 cm³/mol. The molecular formula is C20H29N5O. The maximum absolute atomic E-state index is 10.5. The van der Waals surface area contributed by atoms with Gasteiger partial charge in [0.05, 0.1) is 6.54 Å². The van der Waals surface area contributed by atoms with Crippen LogP contribution in [0.1, 0.15) is 45.4 Å². The van der Waals surface area contributed by atoms with Crippen molar-refractivity contribution in [3.05, 3.63) is 35.7 Å². The van der Waals surface area contributed by atoms with Crippen LogP contribution in [-0.2, 0) is 12.8 Å². The molecule has 0 saturated heterocycles. The number of fused-ring (bicyclic) bond motifs is 1. The molecule has 2 heterocycles. The second-order valence-electron chi connectivity index (χ2n) is 7.81. The summed E-state index contributed by atoms with van der Waals surface area (Å²) in [6.45, 7) is 9.50. The molecule has 0 spiro atoms. The third kappa shape index (κ3) is 4.37. The molecule has 0 amide bonds. The van der Waals surface area contributed by atoms with E-state index in [0.717, 1.165) is 43.0 Å². The van der Waals surface area contributed by atoms with Crippen molar-refractivity contribution in [3.8, 4) is 11.5 Å². The number of rotatable bonds is 6. The molecule has 140 valence electrons. The highest BCUT2D eigenvalue weighted by atomic mass is 16.3. The molecule has 2 N–H and O–H groups in total. The number of nitrogens with one attached hydrogen (secondary N) is 1. The lowest BCUT2D eigenvalue weighted by Crippen LogP contribution is -2.49. The summed E-state index contributed by atoms with van der Waals surface area (Å²) < 4.78 is 0. The summed E-state index contributed by atoms with van der Waals surface area (Å²) >= 11 is 0. The zero-order valence-corrected chi connectivity index (χ0v) is 16.2. The van der Waals surface area contributed by atoms with Crippen molar-refractivity contribution in [1.29, 1.82) is 0 Å². The molecule has 1 aliphatic carbocycles. The lowest BCUT2D eigenvalue weighted by Gasteiger charge is -2.31. The standard InChI is InChI=1S/C20H29N5O/c1-5-25(13-17(26)24-20(2,3)4)19-14-9-8-11-15(14)22-18(23-19)16-10-6-7-12-21-16/h6-7,10,12,17,24,26H,5,8-9,11,13H2,1-4H3. The highest BCUT2D eigenvalue weighted by Crippen LogP contribution is 2.31. The van der Waals surface area contributed by atoms with Crippen LogP contribution in [0, 0.1) is 0 Å². The number of anilines is 1. The number of hydrogen-bond acceptors (Lipinski definition) is 6. The van der Waals surface area contributed by atoms with Crippen LogP contribution in [0.2, 0.25) is 0 Å². The summed E-state index contributed by atoms with van der Waals surface area (Å²) in [5.41, 5.74) is 2.97. The van der Waals surface area contributed by atoms with Gasteiger partial charge in [-0.2, -0.15) is 0 Å². The Morgan fingerprint density at radius 1 is 1.23 bits per heavy atom. The molecule has 0 fully saturated rings. The fraction of sp³-hybridized carbons (Fsp3) is 0.550. The molecule has 1 aliphatic rings. The van der Waals surface area contributed by atoms with Crippen molar-refractivity contribution in [2.24, 2.45) is 0 Å². The topological polar surface area (TPSA) is 74.2 Å². The van der Waals surface area contributed by atoms with Gasteiger partial charge in [0.2, 0.25) is 0 Å².